The highest BCUT2D eigenvalue weighted by atomic mass is 32.2. The Morgan fingerprint density at radius 3 is 2.19 bits per heavy atom. The average Bonchev–Trinajstić information content (AvgIpc) is 2.50. The Kier molecular flexibility index (Phi) is 8.33. The first-order valence-electron chi connectivity index (χ1n) is 5.71. The third-order valence-electron chi connectivity index (χ3n) is 2.67. The first-order valence-corrected chi connectivity index (χ1v) is 7.71. The molecule has 0 aromatic rings. The van der Waals surface area contributed by atoms with Gasteiger partial charge in [0.1, 0.15) is 18.3 Å². The monoisotopic (exact) mass is 350 g/mol. The molecule has 0 aromatic heterocycles. The quantitative estimate of drug-likeness (QED) is 0.503. The fourth-order valence-corrected chi connectivity index (χ4v) is 2.44. The molecule has 0 radical (unpaired) electrons. The number of hydrogen-bond donors (Lipinski definition) is 2. The summed E-state index contributed by atoms with van der Waals surface area (Å²) in [4.78, 5) is 0. The molecule has 0 saturated carbocycles. The number of hydrogen-bond acceptors (Lipinski definition) is 10. The molecule has 12 heteroatoms. The second-order valence-corrected chi connectivity index (χ2v) is 5.76. The Morgan fingerprint density at radius 1 is 1.05 bits per heavy atom. The van der Waals surface area contributed by atoms with Gasteiger partial charge < -0.3 is 19.7 Å². The summed E-state index contributed by atoms with van der Waals surface area (Å²) in [6.45, 7) is -0.321. The Hall–Kier alpha value is -0.0200. The van der Waals surface area contributed by atoms with Crippen LogP contribution in [0.15, 0.2) is 0 Å². The van der Waals surface area contributed by atoms with Crippen LogP contribution in [0.3, 0.4) is 0 Å². The van der Waals surface area contributed by atoms with E-state index in [1.807, 2.05) is 0 Å². The van der Waals surface area contributed by atoms with Gasteiger partial charge in [-0.05, 0) is 0 Å². The van der Waals surface area contributed by atoms with Gasteiger partial charge >= 0.3 is 22.7 Å². The molecular formula is C9H18O10S2. The molecule has 0 spiro atoms. The van der Waals surface area contributed by atoms with E-state index in [0.29, 0.717) is 0 Å². The predicted molar refractivity (Wildman–Crippen MR) is 68.8 cm³/mol. The highest BCUT2D eigenvalue weighted by Crippen LogP contribution is 2.25. The summed E-state index contributed by atoms with van der Waals surface area (Å²) in [6, 6.07) is 0. The first-order chi connectivity index (χ1) is 9.94. The van der Waals surface area contributed by atoms with Crippen LogP contribution in [-0.4, -0.2) is 77.3 Å². The lowest BCUT2D eigenvalue weighted by Gasteiger charge is -2.40. The molecule has 1 heterocycles. The van der Waals surface area contributed by atoms with Gasteiger partial charge in [0.2, 0.25) is 0 Å². The molecule has 1 fully saturated rings. The molecule has 1 aliphatic rings. The molecule has 0 aromatic carbocycles. The average molecular weight is 350 g/mol. The topological polar surface area (TPSA) is 130 Å². The largest absolute Gasteiger partial charge is 0.387 e. The number of rotatable bonds is 8. The van der Waals surface area contributed by atoms with Gasteiger partial charge in [-0.1, -0.05) is 0 Å². The Labute approximate surface area is 127 Å². The zero-order valence-electron chi connectivity index (χ0n) is 11.6. The number of methoxy groups -OCH3 is 1. The summed E-state index contributed by atoms with van der Waals surface area (Å²) < 4.78 is 50.9. The maximum Gasteiger partial charge on any atom is 0.304 e. The molecular weight excluding hydrogens is 332 g/mol. The van der Waals surface area contributed by atoms with E-state index >= 15 is 0 Å². The Bertz CT molecular complexity index is 362. The van der Waals surface area contributed by atoms with Crippen molar-refractivity contribution in [2.45, 2.75) is 30.7 Å². The lowest BCUT2D eigenvalue weighted by molar-refractivity contribution is -0.286. The lowest BCUT2D eigenvalue weighted by Crippen LogP contribution is -2.60. The van der Waals surface area contributed by atoms with Crippen LogP contribution in [0.25, 0.3) is 0 Å². The molecule has 1 rings (SSSR count). The van der Waals surface area contributed by atoms with Gasteiger partial charge in [-0.25, -0.2) is 0 Å². The fraction of sp³-hybridized carbons (Fsp3) is 1.00. The zero-order valence-corrected chi connectivity index (χ0v) is 13.2. The van der Waals surface area contributed by atoms with E-state index in [2.05, 4.69) is 8.37 Å². The molecule has 7 atom stereocenters. The van der Waals surface area contributed by atoms with E-state index in [4.69, 9.17) is 17.8 Å². The molecule has 0 amide bonds. The molecule has 0 bridgehead atoms. The van der Waals surface area contributed by atoms with Crippen molar-refractivity contribution >= 4 is 22.7 Å². The van der Waals surface area contributed by atoms with Crippen molar-refractivity contribution in [3.8, 4) is 0 Å². The van der Waals surface area contributed by atoms with Crippen LogP contribution in [0.2, 0.25) is 0 Å². The maximum absolute atomic E-state index is 11.2. The second-order valence-electron chi connectivity index (χ2n) is 3.85. The third-order valence-corrected chi connectivity index (χ3v) is 3.92. The smallest absolute Gasteiger partial charge is 0.304 e. The number of aliphatic hydroxyl groups excluding tert-OH is 2. The molecule has 126 valence electrons. The van der Waals surface area contributed by atoms with Crippen molar-refractivity contribution in [3.05, 3.63) is 0 Å². The summed E-state index contributed by atoms with van der Waals surface area (Å²) in [5, 5.41) is 19.9. The number of aliphatic hydroxyl groups is 2. The minimum absolute atomic E-state index is 0.321. The fourth-order valence-electron chi connectivity index (χ4n) is 1.64. The standard InChI is InChI=1S/C9H18O10S2/c1-14-9-8(19-21(13)16-3)7(11)6(10)5(18-9)4-17-20(12)15-2/h5-11H,4H2,1-3H3/t5-,6+,7+,8-,9-,20-,21-/m0/s1. The molecule has 2 N–H and O–H groups in total. The Morgan fingerprint density at radius 2 is 1.67 bits per heavy atom. The normalized spacial score (nSPS) is 36.3. The van der Waals surface area contributed by atoms with Crippen LogP contribution in [0.5, 0.6) is 0 Å². The van der Waals surface area contributed by atoms with E-state index in [-0.39, 0.29) is 6.61 Å². The Balaban J connectivity index is 2.70. The van der Waals surface area contributed by atoms with Gasteiger partial charge in [-0.3, -0.25) is 16.7 Å². The second kappa shape index (κ2) is 9.19. The third kappa shape index (κ3) is 5.28. The molecule has 0 aliphatic carbocycles. The van der Waals surface area contributed by atoms with Gasteiger partial charge in [-0.2, -0.15) is 8.42 Å². The highest BCUT2D eigenvalue weighted by molar-refractivity contribution is 7.75. The van der Waals surface area contributed by atoms with Crippen LogP contribution >= 0.6 is 0 Å². The van der Waals surface area contributed by atoms with E-state index in [1.165, 1.54) is 14.2 Å². The van der Waals surface area contributed by atoms with Crippen LogP contribution in [0, 0.1) is 0 Å². The van der Waals surface area contributed by atoms with E-state index in [0.717, 1.165) is 7.11 Å². The maximum atomic E-state index is 11.2. The lowest BCUT2D eigenvalue weighted by atomic mass is 9.99. The van der Waals surface area contributed by atoms with Crippen molar-refractivity contribution < 1.29 is 44.8 Å². The summed E-state index contributed by atoms with van der Waals surface area (Å²) in [7, 11) is 3.58. The van der Waals surface area contributed by atoms with Crippen LogP contribution in [-0.2, 0) is 48.9 Å². The number of ether oxygens (including phenoxy) is 2. The summed E-state index contributed by atoms with van der Waals surface area (Å²) >= 11 is -4.14. The van der Waals surface area contributed by atoms with Gasteiger partial charge in [0, 0.05) is 7.11 Å². The van der Waals surface area contributed by atoms with Crippen molar-refractivity contribution in [3.63, 3.8) is 0 Å². The van der Waals surface area contributed by atoms with Gasteiger partial charge in [-0.15, -0.1) is 0 Å². The van der Waals surface area contributed by atoms with Crippen molar-refractivity contribution in [1.82, 2.24) is 0 Å². The first kappa shape index (κ1) is 19.0. The molecule has 0 unspecified atom stereocenters. The van der Waals surface area contributed by atoms with Gasteiger partial charge in [0.25, 0.3) is 0 Å². The van der Waals surface area contributed by atoms with Crippen molar-refractivity contribution in [1.29, 1.82) is 0 Å². The van der Waals surface area contributed by atoms with E-state index < -0.39 is 53.4 Å². The molecule has 10 nitrogen and oxygen atoms in total. The minimum Gasteiger partial charge on any atom is -0.387 e. The van der Waals surface area contributed by atoms with Crippen molar-refractivity contribution in [2.75, 3.05) is 27.9 Å². The van der Waals surface area contributed by atoms with Crippen molar-refractivity contribution in [2.24, 2.45) is 0 Å². The summed E-state index contributed by atoms with van der Waals surface area (Å²) in [6.07, 6.45) is -6.33. The van der Waals surface area contributed by atoms with Crippen LogP contribution in [0.1, 0.15) is 0 Å². The van der Waals surface area contributed by atoms with E-state index in [1.54, 1.807) is 0 Å². The van der Waals surface area contributed by atoms with Gasteiger partial charge in [0.05, 0.1) is 20.8 Å². The highest BCUT2D eigenvalue weighted by Gasteiger charge is 2.47. The molecule has 1 saturated heterocycles. The van der Waals surface area contributed by atoms with Gasteiger partial charge in [0.15, 0.2) is 12.4 Å². The van der Waals surface area contributed by atoms with Crippen LogP contribution in [0.4, 0.5) is 0 Å². The van der Waals surface area contributed by atoms with E-state index in [9.17, 15) is 18.6 Å². The summed E-state index contributed by atoms with van der Waals surface area (Å²) in [5.41, 5.74) is 0. The van der Waals surface area contributed by atoms with Crippen LogP contribution < -0.4 is 0 Å². The molecule has 1 aliphatic heterocycles. The minimum atomic E-state index is -2.14. The predicted octanol–water partition coefficient (Wildman–Crippen LogP) is -2.07. The molecule has 21 heavy (non-hydrogen) atoms. The summed E-state index contributed by atoms with van der Waals surface area (Å²) in [5.74, 6) is 0. The SMILES string of the molecule is CO[C@H]1O[C@@H](CO[S@@](=O)OC)[C@@H](O)[C@@H](O)[C@@H]1O[S@@](=O)OC. The zero-order chi connectivity index (χ0) is 16.0.